The van der Waals surface area contributed by atoms with E-state index < -0.39 is 0 Å². The van der Waals surface area contributed by atoms with Crippen LogP contribution in [0.4, 0.5) is 0 Å². The third-order valence-corrected chi connectivity index (χ3v) is 1.46. The number of hydrogen-bond acceptors (Lipinski definition) is 0. The SMILES string of the molecule is CCCl.c1ccc2[nH]ccc2c1. The molecular weight excluding hydrogens is 170 g/mol. The van der Waals surface area contributed by atoms with Gasteiger partial charge < -0.3 is 4.98 Å². The molecule has 1 N–H and O–H groups in total. The number of H-pyrrole nitrogens is 1. The predicted octanol–water partition coefficient (Wildman–Crippen LogP) is 3.41. The lowest BCUT2D eigenvalue weighted by molar-refractivity contribution is 1.48. The third kappa shape index (κ3) is 2.28. The molecule has 1 aromatic heterocycles. The van der Waals surface area contributed by atoms with Gasteiger partial charge in [0, 0.05) is 17.6 Å². The van der Waals surface area contributed by atoms with E-state index in [0.717, 1.165) is 5.88 Å². The first-order chi connectivity index (χ1) is 5.88. The van der Waals surface area contributed by atoms with Crippen molar-refractivity contribution in [2.45, 2.75) is 6.92 Å². The molecule has 0 fully saturated rings. The summed E-state index contributed by atoms with van der Waals surface area (Å²) in [5.41, 5.74) is 1.21. The predicted molar refractivity (Wildman–Crippen MR) is 54.7 cm³/mol. The molecule has 1 heterocycles. The maximum atomic E-state index is 5.00. The highest BCUT2D eigenvalue weighted by Crippen LogP contribution is 2.09. The van der Waals surface area contributed by atoms with Crippen molar-refractivity contribution in [3.8, 4) is 0 Å². The molecule has 0 atom stereocenters. The minimum atomic E-state index is 0.722. The van der Waals surface area contributed by atoms with Gasteiger partial charge >= 0.3 is 0 Å². The number of fused-ring (bicyclic) bond motifs is 1. The lowest BCUT2D eigenvalue weighted by Gasteiger charge is -1.83. The highest BCUT2D eigenvalue weighted by molar-refractivity contribution is 6.17. The largest absolute Gasteiger partial charge is 0.361 e. The quantitative estimate of drug-likeness (QED) is 0.600. The number of benzene rings is 1. The van der Waals surface area contributed by atoms with E-state index in [4.69, 9.17) is 11.6 Å². The number of aromatic nitrogens is 1. The van der Waals surface area contributed by atoms with Crippen molar-refractivity contribution in [3.63, 3.8) is 0 Å². The van der Waals surface area contributed by atoms with Crippen LogP contribution in [0.2, 0.25) is 0 Å². The molecule has 0 bridgehead atoms. The highest BCUT2D eigenvalue weighted by Gasteiger charge is 1.86. The Hall–Kier alpha value is -0.950. The minimum Gasteiger partial charge on any atom is -0.361 e. The van der Waals surface area contributed by atoms with Crippen molar-refractivity contribution >= 4 is 22.5 Å². The number of halogens is 1. The molecule has 0 amide bonds. The van der Waals surface area contributed by atoms with E-state index in [9.17, 15) is 0 Å². The molecule has 0 aliphatic rings. The lowest BCUT2D eigenvalue weighted by atomic mass is 10.3. The lowest BCUT2D eigenvalue weighted by Crippen LogP contribution is -1.61. The van der Waals surface area contributed by atoms with Gasteiger partial charge in [-0.1, -0.05) is 25.1 Å². The average molecular weight is 182 g/mol. The molecule has 2 aromatic rings. The number of rotatable bonds is 0. The maximum Gasteiger partial charge on any atom is 0.0453 e. The van der Waals surface area contributed by atoms with Crippen LogP contribution in [0.3, 0.4) is 0 Å². The van der Waals surface area contributed by atoms with Crippen LogP contribution in [0.25, 0.3) is 10.9 Å². The summed E-state index contributed by atoms with van der Waals surface area (Å²) < 4.78 is 0. The number of alkyl halides is 1. The molecular formula is C10H12ClN. The Kier molecular flexibility index (Phi) is 3.68. The molecule has 0 aliphatic carbocycles. The van der Waals surface area contributed by atoms with Crippen molar-refractivity contribution in [3.05, 3.63) is 36.5 Å². The van der Waals surface area contributed by atoms with E-state index in [1.54, 1.807) is 0 Å². The van der Waals surface area contributed by atoms with Gasteiger partial charge in [0.05, 0.1) is 0 Å². The van der Waals surface area contributed by atoms with Gasteiger partial charge in [-0.25, -0.2) is 0 Å². The summed E-state index contributed by atoms with van der Waals surface area (Å²) in [4.78, 5) is 3.12. The zero-order valence-corrected chi connectivity index (χ0v) is 7.81. The smallest absolute Gasteiger partial charge is 0.0453 e. The second-order valence-corrected chi connectivity index (χ2v) is 2.87. The summed E-state index contributed by atoms with van der Waals surface area (Å²) in [6.07, 6.45) is 1.95. The summed E-state index contributed by atoms with van der Waals surface area (Å²) in [5.74, 6) is 0.722. The average Bonchev–Trinajstić information content (AvgIpc) is 2.52. The zero-order chi connectivity index (χ0) is 8.81. The van der Waals surface area contributed by atoms with Crippen molar-refractivity contribution in [2.24, 2.45) is 0 Å². The number of nitrogens with one attached hydrogen (secondary N) is 1. The summed E-state index contributed by atoms with van der Waals surface area (Å²) in [5, 5.41) is 1.28. The standard InChI is InChI=1S/C8H7N.C2H5Cl/c1-2-4-8-7(3-1)5-6-9-8;1-2-3/h1-6,9H;2H2,1H3. The van der Waals surface area contributed by atoms with Crippen LogP contribution in [-0.4, -0.2) is 10.9 Å². The molecule has 12 heavy (non-hydrogen) atoms. The molecule has 0 radical (unpaired) electrons. The van der Waals surface area contributed by atoms with Gasteiger partial charge in [-0.15, -0.1) is 11.6 Å². The first-order valence-corrected chi connectivity index (χ1v) is 4.50. The molecule has 0 saturated carbocycles. The number of aromatic amines is 1. The monoisotopic (exact) mass is 181 g/mol. The Morgan fingerprint density at radius 3 is 2.58 bits per heavy atom. The molecule has 1 nitrogen and oxygen atoms in total. The molecule has 64 valence electrons. The molecule has 2 rings (SSSR count). The van der Waals surface area contributed by atoms with Gasteiger partial charge in [0.15, 0.2) is 0 Å². The van der Waals surface area contributed by atoms with Crippen LogP contribution < -0.4 is 0 Å². The van der Waals surface area contributed by atoms with Gasteiger partial charge in [0.25, 0.3) is 0 Å². The Morgan fingerprint density at radius 1 is 1.25 bits per heavy atom. The number of hydrogen-bond donors (Lipinski definition) is 1. The van der Waals surface area contributed by atoms with E-state index in [1.807, 2.05) is 25.3 Å². The Bertz CT molecular complexity index is 297. The number of para-hydroxylation sites is 1. The Morgan fingerprint density at radius 2 is 1.92 bits per heavy atom. The fraction of sp³-hybridized carbons (Fsp3) is 0.200. The third-order valence-electron chi connectivity index (χ3n) is 1.46. The van der Waals surface area contributed by atoms with Crippen LogP contribution in [0.5, 0.6) is 0 Å². The van der Waals surface area contributed by atoms with Crippen LogP contribution in [-0.2, 0) is 0 Å². The second-order valence-electron chi connectivity index (χ2n) is 2.33. The minimum absolute atomic E-state index is 0.722. The molecule has 1 aromatic carbocycles. The van der Waals surface area contributed by atoms with Crippen molar-refractivity contribution < 1.29 is 0 Å². The zero-order valence-electron chi connectivity index (χ0n) is 7.05. The second kappa shape index (κ2) is 4.83. The van der Waals surface area contributed by atoms with Crippen LogP contribution in [0, 0.1) is 0 Å². The van der Waals surface area contributed by atoms with Gasteiger partial charge in [0.1, 0.15) is 0 Å². The van der Waals surface area contributed by atoms with Gasteiger partial charge in [-0.05, 0) is 17.5 Å². The highest BCUT2D eigenvalue weighted by atomic mass is 35.5. The van der Waals surface area contributed by atoms with E-state index in [-0.39, 0.29) is 0 Å². The summed E-state index contributed by atoms with van der Waals surface area (Å²) in [6.45, 7) is 1.89. The van der Waals surface area contributed by atoms with Crippen LogP contribution >= 0.6 is 11.6 Å². The van der Waals surface area contributed by atoms with Crippen molar-refractivity contribution in [1.82, 2.24) is 4.98 Å². The summed E-state index contributed by atoms with van der Waals surface area (Å²) in [6, 6.07) is 10.3. The first-order valence-electron chi connectivity index (χ1n) is 3.96. The Balaban J connectivity index is 0.000000213. The summed E-state index contributed by atoms with van der Waals surface area (Å²) >= 11 is 5.00. The maximum absolute atomic E-state index is 5.00. The van der Waals surface area contributed by atoms with Crippen molar-refractivity contribution in [1.29, 1.82) is 0 Å². The molecule has 0 spiro atoms. The molecule has 2 heteroatoms. The normalized spacial score (nSPS) is 9.17. The molecule has 0 aliphatic heterocycles. The van der Waals surface area contributed by atoms with E-state index in [1.165, 1.54) is 10.9 Å². The molecule has 0 unspecified atom stereocenters. The Labute approximate surface area is 77.4 Å². The van der Waals surface area contributed by atoms with E-state index in [2.05, 4.69) is 23.2 Å². The topological polar surface area (TPSA) is 15.8 Å². The first kappa shape index (κ1) is 9.14. The van der Waals surface area contributed by atoms with E-state index >= 15 is 0 Å². The summed E-state index contributed by atoms with van der Waals surface area (Å²) in [7, 11) is 0. The van der Waals surface area contributed by atoms with Gasteiger partial charge in [-0.3, -0.25) is 0 Å². The van der Waals surface area contributed by atoms with Gasteiger partial charge in [-0.2, -0.15) is 0 Å². The fourth-order valence-corrected chi connectivity index (χ4v) is 0.995. The van der Waals surface area contributed by atoms with Crippen LogP contribution in [0.15, 0.2) is 36.5 Å². The van der Waals surface area contributed by atoms with E-state index in [0.29, 0.717) is 0 Å². The van der Waals surface area contributed by atoms with Gasteiger partial charge in [0.2, 0.25) is 0 Å². The van der Waals surface area contributed by atoms with Crippen molar-refractivity contribution in [2.75, 3.05) is 5.88 Å². The molecule has 0 saturated heterocycles. The fourth-order valence-electron chi connectivity index (χ4n) is 0.995. The van der Waals surface area contributed by atoms with Crippen LogP contribution in [0.1, 0.15) is 6.92 Å².